The van der Waals surface area contributed by atoms with Crippen molar-refractivity contribution < 1.29 is 23.9 Å². The normalized spacial score (nSPS) is 10.6. The van der Waals surface area contributed by atoms with E-state index in [0.717, 1.165) is 0 Å². The van der Waals surface area contributed by atoms with Gasteiger partial charge in [0.1, 0.15) is 5.58 Å². The number of Topliss-reactive ketones (excluding diaryl/α,β-unsaturated/α-hetero) is 2. The van der Waals surface area contributed by atoms with Crippen LogP contribution in [0.2, 0.25) is 0 Å². The number of aromatic carboxylic acids is 1. The Kier molecular flexibility index (Phi) is 2.74. The standard InChI is InChI=1S/C13H10O5/c1-6(14)9-3-8-4-11(7(2)15)18-12(8)5-10(9)13(16)17/h3-5H,1-2H3,(H,16,17). The quantitative estimate of drug-likeness (QED) is 0.841. The smallest absolute Gasteiger partial charge is 0.336 e. The van der Waals surface area contributed by atoms with Crippen LogP contribution in [-0.4, -0.2) is 22.6 Å². The van der Waals surface area contributed by atoms with E-state index in [2.05, 4.69) is 0 Å². The van der Waals surface area contributed by atoms with Crippen LogP contribution in [0.15, 0.2) is 22.6 Å². The van der Waals surface area contributed by atoms with E-state index in [1.165, 1.54) is 32.0 Å². The van der Waals surface area contributed by atoms with Gasteiger partial charge in [-0.3, -0.25) is 9.59 Å². The number of rotatable bonds is 3. The summed E-state index contributed by atoms with van der Waals surface area (Å²) in [5.41, 5.74) is 0.257. The number of ketones is 2. The van der Waals surface area contributed by atoms with Gasteiger partial charge in [-0.15, -0.1) is 0 Å². The first-order valence-corrected chi connectivity index (χ1v) is 5.23. The topological polar surface area (TPSA) is 84.6 Å². The highest BCUT2D eigenvalue weighted by Gasteiger charge is 2.17. The molecular weight excluding hydrogens is 236 g/mol. The molecule has 0 spiro atoms. The number of carboxylic acid groups (broad SMARTS) is 1. The monoisotopic (exact) mass is 246 g/mol. The summed E-state index contributed by atoms with van der Waals surface area (Å²) >= 11 is 0. The Labute approximate surface area is 102 Å². The highest BCUT2D eigenvalue weighted by atomic mass is 16.4. The molecular formula is C13H10O5. The zero-order valence-corrected chi connectivity index (χ0v) is 9.81. The minimum Gasteiger partial charge on any atom is -0.478 e. The Hall–Kier alpha value is -2.43. The number of carboxylic acids is 1. The third-order valence-corrected chi connectivity index (χ3v) is 2.61. The van der Waals surface area contributed by atoms with Crippen LogP contribution in [-0.2, 0) is 0 Å². The molecule has 0 saturated heterocycles. The first-order chi connectivity index (χ1) is 8.40. The minimum absolute atomic E-state index is 0.103. The van der Waals surface area contributed by atoms with E-state index in [0.29, 0.717) is 5.39 Å². The molecule has 0 fully saturated rings. The summed E-state index contributed by atoms with van der Waals surface area (Å²) in [6.45, 7) is 2.64. The van der Waals surface area contributed by atoms with Crippen LogP contribution in [0.4, 0.5) is 0 Å². The van der Waals surface area contributed by atoms with E-state index < -0.39 is 5.97 Å². The molecule has 5 nitrogen and oxygen atoms in total. The van der Waals surface area contributed by atoms with Gasteiger partial charge in [0.25, 0.3) is 0 Å². The van der Waals surface area contributed by atoms with Gasteiger partial charge in [-0.25, -0.2) is 4.79 Å². The summed E-state index contributed by atoms with van der Waals surface area (Å²) in [6.07, 6.45) is 0. The fourth-order valence-electron chi connectivity index (χ4n) is 1.73. The van der Waals surface area contributed by atoms with Crippen molar-refractivity contribution >= 4 is 28.5 Å². The summed E-state index contributed by atoms with van der Waals surface area (Å²) < 4.78 is 5.23. The van der Waals surface area contributed by atoms with Crippen LogP contribution in [0.3, 0.4) is 0 Å². The van der Waals surface area contributed by atoms with Crippen molar-refractivity contribution in [2.75, 3.05) is 0 Å². The number of carbonyl (C=O) groups is 3. The van der Waals surface area contributed by atoms with Crippen LogP contribution in [0.1, 0.15) is 45.1 Å². The third-order valence-electron chi connectivity index (χ3n) is 2.61. The fourth-order valence-corrected chi connectivity index (χ4v) is 1.73. The molecule has 0 aliphatic carbocycles. The van der Waals surface area contributed by atoms with E-state index in [1.54, 1.807) is 0 Å². The fraction of sp³-hybridized carbons (Fsp3) is 0.154. The molecule has 5 heteroatoms. The molecule has 0 aliphatic rings. The molecule has 92 valence electrons. The van der Waals surface area contributed by atoms with Crippen molar-refractivity contribution in [1.29, 1.82) is 0 Å². The molecule has 1 aromatic heterocycles. The van der Waals surface area contributed by atoms with E-state index in [4.69, 9.17) is 9.52 Å². The molecule has 0 unspecified atom stereocenters. The second-order valence-corrected chi connectivity index (χ2v) is 3.96. The zero-order valence-electron chi connectivity index (χ0n) is 9.81. The first kappa shape index (κ1) is 12.0. The number of carbonyl (C=O) groups excluding carboxylic acids is 2. The Balaban J connectivity index is 2.76. The maximum atomic E-state index is 11.4. The molecule has 0 saturated carbocycles. The van der Waals surface area contributed by atoms with E-state index in [-0.39, 0.29) is 34.0 Å². The molecule has 0 atom stereocenters. The number of furan rings is 1. The van der Waals surface area contributed by atoms with E-state index in [1.807, 2.05) is 0 Å². The van der Waals surface area contributed by atoms with Crippen LogP contribution >= 0.6 is 0 Å². The zero-order chi connectivity index (χ0) is 13.4. The van der Waals surface area contributed by atoms with Crippen LogP contribution in [0, 0.1) is 0 Å². The maximum Gasteiger partial charge on any atom is 0.336 e. The maximum absolute atomic E-state index is 11.4. The van der Waals surface area contributed by atoms with Gasteiger partial charge in [-0.05, 0) is 25.1 Å². The largest absolute Gasteiger partial charge is 0.478 e. The summed E-state index contributed by atoms with van der Waals surface area (Å²) in [6, 6.07) is 4.19. The highest BCUT2D eigenvalue weighted by Crippen LogP contribution is 2.24. The minimum atomic E-state index is -1.21. The number of benzene rings is 1. The first-order valence-electron chi connectivity index (χ1n) is 5.23. The summed E-state index contributed by atoms with van der Waals surface area (Å²) in [5, 5.41) is 9.57. The molecule has 0 bridgehead atoms. The number of fused-ring (bicyclic) bond motifs is 1. The molecule has 1 heterocycles. The number of hydrogen-bond donors (Lipinski definition) is 1. The number of hydrogen-bond acceptors (Lipinski definition) is 4. The van der Waals surface area contributed by atoms with Crippen molar-refractivity contribution in [3.05, 3.63) is 35.1 Å². The summed E-state index contributed by atoms with van der Waals surface area (Å²) in [7, 11) is 0. The van der Waals surface area contributed by atoms with Crippen molar-refractivity contribution in [3.63, 3.8) is 0 Å². The molecule has 1 aromatic carbocycles. The Morgan fingerprint density at radius 3 is 2.17 bits per heavy atom. The predicted molar refractivity (Wildman–Crippen MR) is 63.2 cm³/mol. The van der Waals surface area contributed by atoms with Gasteiger partial charge in [-0.1, -0.05) is 0 Å². The van der Waals surface area contributed by atoms with Crippen LogP contribution < -0.4 is 0 Å². The summed E-state index contributed by atoms with van der Waals surface area (Å²) in [5.74, 6) is -1.67. The van der Waals surface area contributed by atoms with Crippen LogP contribution in [0.25, 0.3) is 11.0 Å². The Bertz CT molecular complexity index is 627. The predicted octanol–water partition coefficient (Wildman–Crippen LogP) is 2.54. The lowest BCUT2D eigenvalue weighted by Crippen LogP contribution is -2.05. The van der Waals surface area contributed by atoms with Crippen molar-refractivity contribution in [3.8, 4) is 0 Å². The average Bonchev–Trinajstić information content (AvgIpc) is 2.69. The van der Waals surface area contributed by atoms with Crippen LogP contribution in [0.5, 0.6) is 0 Å². The molecule has 18 heavy (non-hydrogen) atoms. The molecule has 2 rings (SSSR count). The van der Waals surface area contributed by atoms with E-state index >= 15 is 0 Å². The lowest BCUT2D eigenvalue weighted by Gasteiger charge is -2.01. The highest BCUT2D eigenvalue weighted by molar-refractivity contribution is 6.08. The summed E-state index contributed by atoms with van der Waals surface area (Å²) in [4.78, 5) is 33.6. The third kappa shape index (κ3) is 1.90. The van der Waals surface area contributed by atoms with Crippen molar-refractivity contribution in [1.82, 2.24) is 0 Å². The van der Waals surface area contributed by atoms with Gasteiger partial charge in [-0.2, -0.15) is 0 Å². The van der Waals surface area contributed by atoms with Gasteiger partial charge >= 0.3 is 5.97 Å². The SMILES string of the molecule is CC(=O)c1cc2cc(C(C)=O)c(C(=O)O)cc2o1. The van der Waals surface area contributed by atoms with Gasteiger partial charge in [0.2, 0.25) is 0 Å². The molecule has 1 N–H and O–H groups in total. The molecule has 0 radical (unpaired) electrons. The Morgan fingerprint density at radius 1 is 1.00 bits per heavy atom. The second-order valence-electron chi connectivity index (χ2n) is 3.96. The molecule has 2 aromatic rings. The average molecular weight is 246 g/mol. The Morgan fingerprint density at radius 2 is 1.67 bits per heavy atom. The van der Waals surface area contributed by atoms with Crippen molar-refractivity contribution in [2.45, 2.75) is 13.8 Å². The van der Waals surface area contributed by atoms with Gasteiger partial charge in [0.15, 0.2) is 17.3 Å². The molecule has 0 amide bonds. The van der Waals surface area contributed by atoms with Gasteiger partial charge in [0.05, 0.1) is 5.56 Å². The van der Waals surface area contributed by atoms with Gasteiger partial charge < -0.3 is 9.52 Å². The molecule has 0 aliphatic heterocycles. The second kappa shape index (κ2) is 4.10. The van der Waals surface area contributed by atoms with Crippen molar-refractivity contribution in [2.24, 2.45) is 0 Å². The van der Waals surface area contributed by atoms with E-state index in [9.17, 15) is 14.4 Å². The lowest BCUT2D eigenvalue weighted by molar-refractivity contribution is 0.0692. The van der Waals surface area contributed by atoms with Gasteiger partial charge in [0, 0.05) is 17.9 Å². The lowest BCUT2D eigenvalue weighted by atomic mass is 10.0.